The van der Waals surface area contributed by atoms with Gasteiger partial charge in [-0.3, -0.25) is 0 Å². The minimum atomic E-state index is 0.865. The number of nitrogens with one attached hydrogen (secondary N) is 1. The van der Waals surface area contributed by atoms with Crippen LogP contribution >= 0.6 is 22.9 Å². The van der Waals surface area contributed by atoms with E-state index >= 15 is 0 Å². The molecule has 0 bridgehead atoms. The molecule has 1 aromatic carbocycles. The van der Waals surface area contributed by atoms with Crippen LogP contribution in [0.5, 0.6) is 0 Å². The second-order valence-electron chi connectivity index (χ2n) is 5.50. The highest BCUT2D eigenvalue weighted by atomic mass is 35.5. The van der Waals surface area contributed by atoms with E-state index in [9.17, 15) is 0 Å². The lowest BCUT2D eigenvalue weighted by atomic mass is 10.1. The van der Waals surface area contributed by atoms with Gasteiger partial charge in [0.25, 0.3) is 0 Å². The summed E-state index contributed by atoms with van der Waals surface area (Å²) >= 11 is 8.38. The summed E-state index contributed by atoms with van der Waals surface area (Å²) < 4.78 is 0. The van der Waals surface area contributed by atoms with Crippen molar-refractivity contribution in [1.29, 1.82) is 0 Å². The van der Waals surface area contributed by atoms with Gasteiger partial charge >= 0.3 is 0 Å². The summed E-state index contributed by atoms with van der Waals surface area (Å²) in [5.41, 5.74) is 3.87. The molecule has 21 heavy (non-hydrogen) atoms. The average molecular weight is 321 g/mol. The van der Waals surface area contributed by atoms with E-state index in [1.165, 1.54) is 16.0 Å². The summed E-state index contributed by atoms with van der Waals surface area (Å²) in [4.78, 5) is 3.92. The van der Waals surface area contributed by atoms with Crippen molar-refractivity contribution in [1.82, 2.24) is 5.32 Å². The van der Waals surface area contributed by atoms with Crippen LogP contribution in [0.15, 0.2) is 29.6 Å². The molecule has 0 amide bonds. The minimum Gasteiger partial charge on any atom is -0.366 e. The molecule has 0 radical (unpaired) electrons. The van der Waals surface area contributed by atoms with Gasteiger partial charge in [0.2, 0.25) is 0 Å². The number of hydrogen-bond acceptors (Lipinski definition) is 3. The number of halogens is 1. The molecule has 112 valence electrons. The number of benzene rings is 1. The fraction of sp³-hybridized carbons (Fsp3) is 0.412. The summed E-state index contributed by atoms with van der Waals surface area (Å²) in [5.74, 6) is 0. The first kappa shape index (κ1) is 14.9. The Balaban J connectivity index is 1.71. The highest BCUT2D eigenvalue weighted by molar-refractivity contribution is 7.10. The highest BCUT2D eigenvalue weighted by Gasteiger charge is 2.19. The van der Waals surface area contributed by atoms with Crippen LogP contribution in [0.25, 0.3) is 0 Å². The van der Waals surface area contributed by atoms with Gasteiger partial charge in [-0.05, 0) is 54.1 Å². The van der Waals surface area contributed by atoms with Crippen LogP contribution in [0.2, 0.25) is 5.02 Å². The monoisotopic (exact) mass is 320 g/mol. The van der Waals surface area contributed by atoms with Crippen LogP contribution in [-0.4, -0.2) is 13.1 Å². The maximum atomic E-state index is 6.51. The second kappa shape index (κ2) is 6.82. The van der Waals surface area contributed by atoms with Crippen LogP contribution in [0, 0.1) is 0 Å². The normalized spacial score (nSPS) is 14.3. The fourth-order valence-corrected chi connectivity index (χ4v) is 3.99. The molecule has 0 saturated heterocycles. The lowest BCUT2D eigenvalue weighted by Crippen LogP contribution is -2.29. The third-order valence-corrected chi connectivity index (χ3v) is 5.24. The van der Waals surface area contributed by atoms with E-state index in [4.69, 9.17) is 11.6 Å². The molecule has 1 aliphatic rings. The zero-order valence-corrected chi connectivity index (χ0v) is 13.9. The molecule has 2 nitrogen and oxygen atoms in total. The summed E-state index contributed by atoms with van der Waals surface area (Å²) in [6.07, 6.45) is 2.28. The van der Waals surface area contributed by atoms with Crippen molar-refractivity contribution in [2.75, 3.05) is 18.0 Å². The van der Waals surface area contributed by atoms with Crippen molar-refractivity contribution in [3.8, 4) is 0 Å². The van der Waals surface area contributed by atoms with Crippen LogP contribution in [0.4, 0.5) is 5.69 Å². The van der Waals surface area contributed by atoms with Gasteiger partial charge < -0.3 is 10.2 Å². The molecule has 0 aliphatic carbocycles. The van der Waals surface area contributed by atoms with E-state index in [-0.39, 0.29) is 0 Å². The molecule has 0 unspecified atom stereocenters. The van der Waals surface area contributed by atoms with Gasteiger partial charge in [0.1, 0.15) is 0 Å². The number of fused-ring (bicyclic) bond motifs is 1. The Hall–Kier alpha value is -1.03. The molecular weight excluding hydrogens is 300 g/mol. The Morgan fingerprint density at radius 3 is 3.05 bits per heavy atom. The maximum absolute atomic E-state index is 6.51. The van der Waals surface area contributed by atoms with Crippen LogP contribution in [-0.2, 0) is 19.5 Å². The van der Waals surface area contributed by atoms with Crippen molar-refractivity contribution in [3.05, 3.63) is 50.7 Å². The molecule has 0 spiro atoms. The lowest BCUT2D eigenvalue weighted by molar-refractivity contribution is 0.675. The van der Waals surface area contributed by atoms with Crippen LogP contribution < -0.4 is 10.2 Å². The van der Waals surface area contributed by atoms with E-state index in [1.54, 1.807) is 0 Å². The smallest absolute Gasteiger partial charge is 0.0642 e. The standard InChI is InChI=1S/C17H21ClN2S/c1-2-7-19-11-13-3-4-16(15(18)10-13)20-8-5-17-14(12-20)6-9-21-17/h3-4,6,9-10,19H,2,5,7-8,11-12H2,1H3. The number of thiophene rings is 1. The number of rotatable bonds is 5. The van der Waals surface area contributed by atoms with E-state index in [2.05, 4.69) is 46.8 Å². The molecule has 0 atom stereocenters. The Labute approximate surface area is 135 Å². The first-order chi connectivity index (χ1) is 10.3. The first-order valence-corrected chi connectivity index (χ1v) is 8.83. The minimum absolute atomic E-state index is 0.865. The Bertz CT molecular complexity index is 609. The molecule has 1 aromatic heterocycles. The summed E-state index contributed by atoms with van der Waals surface area (Å²) in [6.45, 7) is 6.15. The molecule has 2 heterocycles. The number of nitrogens with zero attached hydrogens (tertiary/aromatic N) is 1. The van der Waals surface area contributed by atoms with Gasteiger partial charge in [0, 0.05) is 24.5 Å². The summed E-state index contributed by atoms with van der Waals surface area (Å²) in [7, 11) is 0. The van der Waals surface area contributed by atoms with Crippen molar-refractivity contribution in [2.24, 2.45) is 0 Å². The van der Waals surface area contributed by atoms with Gasteiger partial charge in [0.05, 0.1) is 10.7 Å². The number of anilines is 1. The maximum Gasteiger partial charge on any atom is 0.0642 e. The molecule has 4 heteroatoms. The molecule has 0 fully saturated rings. The van der Waals surface area contributed by atoms with E-state index in [0.29, 0.717) is 0 Å². The van der Waals surface area contributed by atoms with Crippen molar-refractivity contribution in [3.63, 3.8) is 0 Å². The van der Waals surface area contributed by atoms with Gasteiger partial charge in [0.15, 0.2) is 0 Å². The highest BCUT2D eigenvalue weighted by Crippen LogP contribution is 2.32. The average Bonchev–Trinajstić information content (AvgIpc) is 2.95. The van der Waals surface area contributed by atoms with E-state index < -0.39 is 0 Å². The number of hydrogen-bond donors (Lipinski definition) is 1. The third kappa shape index (κ3) is 3.42. The topological polar surface area (TPSA) is 15.3 Å². The van der Waals surface area contributed by atoms with Gasteiger partial charge in [-0.25, -0.2) is 0 Å². The molecular formula is C17H21ClN2S. The second-order valence-corrected chi connectivity index (χ2v) is 6.91. The zero-order chi connectivity index (χ0) is 14.7. The summed E-state index contributed by atoms with van der Waals surface area (Å²) in [6, 6.07) is 8.70. The van der Waals surface area contributed by atoms with E-state index in [0.717, 1.165) is 49.7 Å². The third-order valence-electron chi connectivity index (χ3n) is 3.92. The van der Waals surface area contributed by atoms with Crippen LogP contribution in [0.3, 0.4) is 0 Å². The Morgan fingerprint density at radius 2 is 2.24 bits per heavy atom. The SMILES string of the molecule is CCCNCc1ccc(N2CCc3sccc3C2)c(Cl)c1. The predicted molar refractivity (Wildman–Crippen MR) is 92.5 cm³/mol. The van der Waals surface area contributed by atoms with E-state index in [1.807, 2.05) is 11.3 Å². The van der Waals surface area contributed by atoms with Crippen LogP contribution in [0.1, 0.15) is 29.3 Å². The summed E-state index contributed by atoms with van der Waals surface area (Å²) in [5, 5.41) is 6.47. The first-order valence-electron chi connectivity index (χ1n) is 7.57. The largest absolute Gasteiger partial charge is 0.366 e. The quantitative estimate of drug-likeness (QED) is 0.818. The molecule has 2 aromatic rings. The van der Waals surface area contributed by atoms with Crippen molar-refractivity contribution >= 4 is 28.6 Å². The molecule has 1 N–H and O–H groups in total. The van der Waals surface area contributed by atoms with Gasteiger partial charge in [-0.2, -0.15) is 0 Å². The predicted octanol–water partition coefficient (Wildman–Crippen LogP) is 4.46. The zero-order valence-electron chi connectivity index (χ0n) is 12.4. The van der Waals surface area contributed by atoms with Gasteiger partial charge in [-0.1, -0.05) is 24.6 Å². The van der Waals surface area contributed by atoms with Crippen molar-refractivity contribution in [2.45, 2.75) is 32.9 Å². The molecule has 1 aliphatic heterocycles. The Morgan fingerprint density at radius 1 is 1.33 bits per heavy atom. The fourth-order valence-electron chi connectivity index (χ4n) is 2.78. The Kier molecular flexibility index (Phi) is 4.84. The molecule has 3 rings (SSSR count). The lowest BCUT2D eigenvalue weighted by Gasteiger charge is -2.30. The molecule has 0 saturated carbocycles. The van der Waals surface area contributed by atoms with Gasteiger partial charge in [-0.15, -0.1) is 11.3 Å². The van der Waals surface area contributed by atoms with Crippen molar-refractivity contribution < 1.29 is 0 Å².